The molecule has 3 N–H and O–H groups in total. The molecule has 38 heavy (non-hydrogen) atoms. The van der Waals surface area contributed by atoms with Crippen LogP contribution in [0, 0.1) is 0 Å². The summed E-state index contributed by atoms with van der Waals surface area (Å²) in [6.07, 6.45) is 3.84. The number of aromatic nitrogens is 3. The van der Waals surface area contributed by atoms with Gasteiger partial charge in [0.05, 0.1) is 13.2 Å². The maximum absolute atomic E-state index is 12.3. The number of amides is 2. The summed E-state index contributed by atoms with van der Waals surface area (Å²) in [5.41, 5.74) is 3.11. The zero-order chi connectivity index (χ0) is 26.2. The number of carbonyl (C=O) groups is 1. The Labute approximate surface area is 225 Å². The van der Waals surface area contributed by atoms with Crippen molar-refractivity contribution in [3.05, 3.63) is 95.3 Å². The maximum atomic E-state index is 12.3. The summed E-state index contributed by atoms with van der Waals surface area (Å²) >= 11 is 5.89. The number of nitrogens with one attached hydrogen (secondary N) is 3. The van der Waals surface area contributed by atoms with E-state index in [-0.39, 0.29) is 6.03 Å². The maximum Gasteiger partial charge on any atom is 0.323 e. The molecule has 5 rings (SSSR count). The highest BCUT2D eigenvalue weighted by atomic mass is 35.5. The average Bonchev–Trinajstić information content (AvgIpc) is 2.95. The van der Waals surface area contributed by atoms with E-state index in [1.54, 1.807) is 36.4 Å². The summed E-state index contributed by atoms with van der Waals surface area (Å²) in [6, 6.07) is 23.8. The molecule has 1 fully saturated rings. The second kappa shape index (κ2) is 12.2. The van der Waals surface area contributed by atoms with Crippen molar-refractivity contribution in [3.63, 3.8) is 0 Å². The molecule has 3 aromatic carbocycles. The quantitative estimate of drug-likeness (QED) is 0.274. The van der Waals surface area contributed by atoms with E-state index in [1.165, 1.54) is 0 Å². The zero-order valence-corrected chi connectivity index (χ0v) is 21.2. The number of rotatable bonds is 7. The van der Waals surface area contributed by atoms with Gasteiger partial charge in [-0.1, -0.05) is 48.0 Å². The molecule has 0 spiro atoms. The smallest absolute Gasteiger partial charge is 0.323 e. The van der Waals surface area contributed by atoms with Crippen LogP contribution in [0.4, 0.5) is 33.8 Å². The van der Waals surface area contributed by atoms with E-state index < -0.39 is 0 Å². The molecule has 1 aliphatic rings. The number of morpholine rings is 1. The lowest BCUT2D eigenvalue weighted by Crippen LogP contribution is -2.37. The lowest BCUT2D eigenvalue weighted by Gasteiger charge is -2.27. The Kier molecular flexibility index (Phi) is 8.07. The van der Waals surface area contributed by atoms with Gasteiger partial charge in [-0.15, -0.1) is 0 Å². The molecule has 2 amide bonds. The van der Waals surface area contributed by atoms with E-state index in [0.29, 0.717) is 60.4 Å². The Morgan fingerprint density at radius 2 is 1.42 bits per heavy atom. The average molecular weight is 528 g/mol. The highest BCUT2D eigenvalue weighted by molar-refractivity contribution is 6.30. The summed E-state index contributed by atoms with van der Waals surface area (Å²) in [6.45, 7) is 2.68. The first-order chi connectivity index (χ1) is 18.6. The molecule has 1 aromatic heterocycles. The molecule has 0 bridgehead atoms. The van der Waals surface area contributed by atoms with Gasteiger partial charge in [-0.25, -0.2) is 4.79 Å². The topological polar surface area (TPSA) is 104 Å². The van der Waals surface area contributed by atoms with Crippen molar-refractivity contribution in [1.82, 2.24) is 15.0 Å². The Bertz CT molecular complexity index is 1390. The predicted molar refractivity (Wildman–Crippen MR) is 152 cm³/mol. The van der Waals surface area contributed by atoms with Gasteiger partial charge in [0, 0.05) is 35.2 Å². The van der Waals surface area contributed by atoms with Crippen molar-refractivity contribution in [3.8, 4) is 0 Å². The molecule has 0 saturated carbocycles. The molecule has 192 valence electrons. The molecular formula is C28H26ClN7O2. The fourth-order valence-corrected chi connectivity index (χ4v) is 3.87. The number of anilines is 5. The molecule has 9 nitrogen and oxygen atoms in total. The largest absolute Gasteiger partial charge is 0.378 e. The fourth-order valence-electron chi connectivity index (χ4n) is 3.74. The van der Waals surface area contributed by atoms with Crippen molar-refractivity contribution in [2.45, 2.75) is 0 Å². The Hall–Kier alpha value is -4.47. The van der Waals surface area contributed by atoms with Gasteiger partial charge < -0.3 is 25.6 Å². The summed E-state index contributed by atoms with van der Waals surface area (Å²) < 4.78 is 5.48. The Morgan fingerprint density at radius 1 is 0.789 bits per heavy atom. The van der Waals surface area contributed by atoms with E-state index in [4.69, 9.17) is 16.3 Å². The fraction of sp³-hybridized carbons (Fsp3) is 0.143. The first-order valence-electron chi connectivity index (χ1n) is 12.1. The molecule has 2 heterocycles. The number of benzene rings is 3. The normalized spacial score (nSPS) is 13.3. The minimum Gasteiger partial charge on any atom is -0.378 e. The number of nitrogens with zero attached hydrogens (tertiary/aromatic N) is 4. The van der Waals surface area contributed by atoms with Crippen LogP contribution in [0.5, 0.6) is 0 Å². The molecule has 0 aliphatic carbocycles. The van der Waals surface area contributed by atoms with E-state index >= 15 is 0 Å². The SMILES string of the molecule is O=C(Nc1ccc(Cl)cc1)Nc1ccc(Nc2nc(/C=C/c3ccccc3)nc(N3CCOCC3)n2)cc1. The Balaban J connectivity index is 1.29. The third-order valence-corrected chi connectivity index (χ3v) is 5.91. The van der Waals surface area contributed by atoms with Crippen LogP contribution in [0.2, 0.25) is 5.02 Å². The Morgan fingerprint density at radius 3 is 2.11 bits per heavy atom. The standard InChI is InChI=1S/C28H26ClN7O2/c29-21-7-9-23(10-8-21)31-28(37)32-24-13-11-22(12-14-24)30-26-33-25(15-6-20-4-2-1-3-5-20)34-27(35-26)36-16-18-38-19-17-36/h1-15H,16-19H2,(H2,31,32,37)(H,30,33,34,35)/b15-6+. The first kappa shape index (κ1) is 25.2. The molecule has 10 heteroatoms. The first-order valence-corrected chi connectivity index (χ1v) is 12.5. The van der Waals surface area contributed by atoms with Crippen LogP contribution in [0.3, 0.4) is 0 Å². The number of hydrogen-bond donors (Lipinski definition) is 3. The molecular weight excluding hydrogens is 502 g/mol. The van der Waals surface area contributed by atoms with Gasteiger partial charge in [0.15, 0.2) is 5.82 Å². The van der Waals surface area contributed by atoms with E-state index in [0.717, 1.165) is 11.3 Å². The van der Waals surface area contributed by atoms with Gasteiger partial charge in [0.2, 0.25) is 11.9 Å². The van der Waals surface area contributed by atoms with E-state index in [9.17, 15) is 4.79 Å². The van der Waals surface area contributed by atoms with Crippen LogP contribution in [-0.4, -0.2) is 47.3 Å². The minimum absolute atomic E-state index is 0.351. The number of hydrogen-bond acceptors (Lipinski definition) is 7. The summed E-state index contributed by atoms with van der Waals surface area (Å²) in [4.78, 5) is 28.3. The third kappa shape index (κ3) is 7.06. The van der Waals surface area contributed by atoms with Crippen LogP contribution in [0.15, 0.2) is 78.9 Å². The highest BCUT2D eigenvalue weighted by Crippen LogP contribution is 2.20. The summed E-state index contributed by atoms with van der Waals surface area (Å²) in [5.74, 6) is 1.57. The molecule has 0 radical (unpaired) electrons. The molecule has 0 atom stereocenters. The molecule has 1 saturated heterocycles. The van der Waals surface area contributed by atoms with Crippen molar-refractivity contribution < 1.29 is 9.53 Å². The van der Waals surface area contributed by atoms with Crippen LogP contribution in [0.1, 0.15) is 11.4 Å². The van der Waals surface area contributed by atoms with Crippen LogP contribution >= 0.6 is 11.6 Å². The lowest BCUT2D eigenvalue weighted by atomic mass is 10.2. The monoisotopic (exact) mass is 527 g/mol. The number of halogens is 1. The summed E-state index contributed by atoms with van der Waals surface area (Å²) in [7, 11) is 0. The second-order valence-electron chi connectivity index (χ2n) is 8.45. The summed E-state index contributed by atoms with van der Waals surface area (Å²) in [5, 5.41) is 9.44. The van der Waals surface area contributed by atoms with Crippen LogP contribution in [-0.2, 0) is 4.74 Å². The van der Waals surface area contributed by atoms with Crippen LogP contribution < -0.4 is 20.9 Å². The van der Waals surface area contributed by atoms with Gasteiger partial charge in [-0.2, -0.15) is 15.0 Å². The lowest BCUT2D eigenvalue weighted by molar-refractivity contribution is 0.122. The van der Waals surface area contributed by atoms with Gasteiger partial charge in [-0.3, -0.25) is 0 Å². The molecule has 0 unspecified atom stereocenters. The van der Waals surface area contributed by atoms with E-state index in [1.807, 2.05) is 54.6 Å². The zero-order valence-electron chi connectivity index (χ0n) is 20.5. The highest BCUT2D eigenvalue weighted by Gasteiger charge is 2.16. The third-order valence-electron chi connectivity index (χ3n) is 5.66. The second-order valence-corrected chi connectivity index (χ2v) is 8.89. The van der Waals surface area contributed by atoms with Crippen molar-refractivity contribution >= 4 is 58.7 Å². The number of carbonyl (C=O) groups excluding carboxylic acids is 1. The number of ether oxygens (including phenoxy) is 1. The van der Waals surface area contributed by atoms with Gasteiger partial charge in [-0.05, 0) is 60.2 Å². The van der Waals surface area contributed by atoms with Gasteiger partial charge >= 0.3 is 6.03 Å². The molecule has 4 aromatic rings. The minimum atomic E-state index is -0.351. The molecule has 1 aliphatic heterocycles. The number of urea groups is 1. The van der Waals surface area contributed by atoms with Crippen molar-refractivity contribution in [2.75, 3.05) is 47.2 Å². The van der Waals surface area contributed by atoms with Crippen molar-refractivity contribution in [2.24, 2.45) is 0 Å². The van der Waals surface area contributed by atoms with Gasteiger partial charge in [0.25, 0.3) is 0 Å². The van der Waals surface area contributed by atoms with Gasteiger partial charge in [0.1, 0.15) is 0 Å². The van der Waals surface area contributed by atoms with Crippen LogP contribution in [0.25, 0.3) is 12.2 Å². The predicted octanol–water partition coefficient (Wildman–Crippen LogP) is 5.92. The van der Waals surface area contributed by atoms with E-state index in [2.05, 4.69) is 35.8 Å². The van der Waals surface area contributed by atoms with Crippen molar-refractivity contribution in [1.29, 1.82) is 0 Å².